The Labute approximate surface area is 123 Å². The minimum Gasteiger partial charge on any atom is -0.449 e. The van der Waals surface area contributed by atoms with Gasteiger partial charge in [-0.2, -0.15) is 4.31 Å². The molecule has 0 spiro atoms. The van der Waals surface area contributed by atoms with Crippen LogP contribution in [0.25, 0.3) is 0 Å². The number of hydrogen-bond acceptors (Lipinski definition) is 5. The summed E-state index contributed by atoms with van der Waals surface area (Å²) in [7, 11) is -3.51. The first-order valence-electron chi connectivity index (χ1n) is 6.90. The van der Waals surface area contributed by atoms with Crippen molar-refractivity contribution in [3.63, 3.8) is 0 Å². The maximum absolute atomic E-state index is 12.6. The highest BCUT2D eigenvalue weighted by atomic mass is 32.2. The van der Waals surface area contributed by atoms with Crippen LogP contribution in [0.15, 0.2) is 40.2 Å². The SMILES string of the molecule is Cc1cccnc1S(=O)(=O)N1CCC(c2ncco2)CC1. The van der Waals surface area contributed by atoms with Crippen LogP contribution in [0.4, 0.5) is 0 Å². The van der Waals surface area contributed by atoms with E-state index in [4.69, 9.17) is 4.42 Å². The lowest BCUT2D eigenvalue weighted by Crippen LogP contribution is -2.38. The minimum absolute atomic E-state index is 0.152. The molecule has 0 aliphatic carbocycles. The lowest BCUT2D eigenvalue weighted by molar-refractivity contribution is 0.289. The Bertz CT molecular complexity index is 705. The summed E-state index contributed by atoms with van der Waals surface area (Å²) in [5.74, 6) is 0.886. The molecule has 1 fully saturated rings. The van der Waals surface area contributed by atoms with E-state index in [0.29, 0.717) is 37.4 Å². The normalized spacial score (nSPS) is 18.0. The Kier molecular flexibility index (Phi) is 3.77. The lowest BCUT2D eigenvalue weighted by Gasteiger charge is -2.29. The Morgan fingerprint density at radius 3 is 2.62 bits per heavy atom. The number of aromatic nitrogens is 2. The number of sulfonamides is 1. The summed E-state index contributed by atoms with van der Waals surface area (Å²) >= 11 is 0. The lowest BCUT2D eigenvalue weighted by atomic mass is 9.98. The number of oxazole rings is 1. The standard InChI is InChI=1S/C14H17N3O3S/c1-11-3-2-6-16-14(11)21(18,19)17-8-4-12(5-9-17)13-15-7-10-20-13/h2-3,6-7,10,12H,4-5,8-9H2,1H3. The van der Waals surface area contributed by atoms with Crippen LogP contribution in [0, 0.1) is 6.92 Å². The average Bonchev–Trinajstić information content (AvgIpc) is 3.02. The van der Waals surface area contributed by atoms with Crippen LogP contribution in [0.1, 0.15) is 30.2 Å². The predicted octanol–water partition coefficient (Wildman–Crippen LogP) is 1.95. The summed E-state index contributed by atoms with van der Waals surface area (Å²) in [4.78, 5) is 8.19. The molecule has 3 heterocycles. The van der Waals surface area contributed by atoms with Gasteiger partial charge >= 0.3 is 0 Å². The van der Waals surface area contributed by atoms with Crippen molar-refractivity contribution >= 4 is 10.0 Å². The van der Waals surface area contributed by atoms with Gasteiger partial charge < -0.3 is 4.42 Å². The summed E-state index contributed by atoms with van der Waals surface area (Å²) in [6.07, 6.45) is 6.11. The molecule has 1 aliphatic heterocycles. The van der Waals surface area contributed by atoms with E-state index in [1.165, 1.54) is 10.5 Å². The summed E-state index contributed by atoms with van der Waals surface area (Å²) in [6.45, 7) is 2.69. The zero-order chi connectivity index (χ0) is 14.9. The number of pyridine rings is 1. The topological polar surface area (TPSA) is 76.3 Å². The molecule has 1 saturated heterocycles. The van der Waals surface area contributed by atoms with Gasteiger partial charge in [-0.05, 0) is 31.4 Å². The van der Waals surface area contributed by atoms with Crippen molar-refractivity contribution < 1.29 is 12.8 Å². The van der Waals surface area contributed by atoms with Crippen LogP contribution in [0.2, 0.25) is 0 Å². The molecule has 2 aromatic heterocycles. The van der Waals surface area contributed by atoms with Crippen LogP contribution in [0.5, 0.6) is 0 Å². The van der Waals surface area contributed by atoms with Crippen LogP contribution >= 0.6 is 0 Å². The fourth-order valence-corrected chi connectivity index (χ4v) is 4.25. The zero-order valence-corrected chi connectivity index (χ0v) is 12.6. The quantitative estimate of drug-likeness (QED) is 0.866. The van der Waals surface area contributed by atoms with Gasteiger partial charge in [0.15, 0.2) is 10.9 Å². The molecule has 0 amide bonds. The molecular weight excluding hydrogens is 290 g/mol. The van der Waals surface area contributed by atoms with E-state index in [2.05, 4.69) is 9.97 Å². The fraction of sp³-hybridized carbons (Fsp3) is 0.429. The van der Waals surface area contributed by atoms with Gasteiger partial charge in [0, 0.05) is 25.2 Å². The minimum atomic E-state index is -3.51. The molecule has 3 rings (SSSR count). The average molecular weight is 307 g/mol. The molecule has 6 nitrogen and oxygen atoms in total. The highest BCUT2D eigenvalue weighted by Gasteiger charge is 2.32. The van der Waals surface area contributed by atoms with E-state index in [1.807, 2.05) is 0 Å². The molecule has 112 valence electrons. The van der Waals surface area contributed by atoms with Crippen LogP contribution in [-0.2, 0) is 10.0 Å². The third-order valence-electron chi connectivity index (χ3n) is 3.80. The highest BCUT2D eigenvalue weighted by Crippen LogP contribution is 2.29. The van der Waals surface area contributed by atoms with Crippen molar-refractivity contribution in [2.75, 3.05) is 13.1 Å². The Morgan fingerprint density at radius 1 is 1.24 bits per heavy atom. The smallest absolute Gasteiger partial charge is 0.260 e. The molecule has 0 radical (unpaired) electrons. The molecule has 21 heavy (non-hydrogen) atoms. The maximum Gasteiger partial charge on any atom is 0.260 e. The van der Waals surface area contributed by atoms with Crippen LogP contribution in [-0.4, -0.2) is 35.8 Å². The molecule has 0 aromatic carbocycles. The molecular formula is C14H17N3O3S. The maximum atomic E-state index is 12.6. The van der Waals surface area contributed by atoms with E-state index < -0.39 is 10.0 Å². The molecule has 7 heteroatoms. The number of aryl methyl sites for hydroxylation is 1. The zero-order valence-electron chi connectivity index (χ0n) is 11.8. The monoisotopic (exact) mass is 307 g/mol. The Hall–Kier alpha value is -1.73. The van der Waals surface area contributed by atoms with Gasteiger partial charge in [0.2, 0.25) is 0 Å². The third kappa shape index (κ3) is 2.71. The molecule has 0 saturated carbocycles. The second-order valence-electron chi connectivity index (χ2n) is 5.17. The van der Waals surface area contributed by atoms with Crippen LogP contribution in [0.3, 0.4) is 0 Å². The summed E-state index contributed by atoms with van der Waals surface area (Å²) in [5.41, 5.74) is 0.673. The summed E-state index contributed by atoms with van der Waals surface area (Å²) in [6, 6.07) is 3.50. The molecule has 0 N–H and O–H groups in total. The Balaban J connectivity index is 1.76. The molecule has 0 atom stereocenters. The van der Waals surface area contributed by atoms with Crippen molar-refractivity contribution in [3.8, 4) is 0 Å². The second kappa shape index (κ2) is 5.57. The van der Waals surface area contributed by atoms with Gasteiger partial charge in [-0.15, -0.1) is 0 Å². The number of rotatable bonds is 3. The first-order valence-corrected chi connectivity index (χ1v) is 8.34. The van der Waals surface area contributed by atoms with Gasteiger partial charge in [-0.25, -0.2) is 18.4 Å². The third-order valence-corrected chi connectivity index (χ3v) is 5.76. The predicted molar refractivity (Wildman–Crippen MR) is 76.2 cm³/mol. The van der Waals surface area contributed by atoms with Crippen molar-refractivity contribution in [1.29, 1.82) is 0 Å². The van der Waals surface area contributed by atoms with Gasteiger partial charge in [0.1, 0.15) is 6.26 Å². The van der Waals surface area contributed by atoms with E-state index in [-0.39, 0.29) is 10.9 Å². The molecule has 0 bridgehead atoms. The van der Waals surface area contributed by atoms with Crippen molar-refractivity contribution in [2.24, 2.45) is 0 Å². The highest BCUT2D eigenvalue weighted by molar-refractivity contribution is 7.89. The van der Waals surface area contributed by atoms with E-state index in [0.717, 1.165) is 0 Å². The molecule has 2 aromatic rings. The first kappa shape index (κ1) is 14.2. The van der Waals surface area contributed by atoms with E-state index >= 15 is 0 Å². The van der Waals surface area contributed by atoms with E-state index in [1.54, 1.807) is 31.5 Å². The first-order chi connectivity index (χ1) is 10.1. The van der Waals surface area contributed by atoms with Crippen molar-refractivity contribution in [3.05, 3.63) is 42.2 Å². The van der Waals surface area contributed by atoms with Gasteiger partial charge in [-0.3, -0.25) is 0 Å². The Morgan fingerprint density at radius 2 is 2.00 bits per heavy atom. The summed E-state index contributed by atoms with van der Waals surface area (Å²) < 4.78 is 32.1. The van der Waals surface area contributed by atoms with Crippen molar-refractivity contribution in [2.45, 2.75) is 30.7 Å². The fourth-order valence-electron chi connectivity index (χ4n) is 2.64. The van der Waals surface area contributed by atoms with Crippen molar-refractivity contribution in [1.82, 2.24) is 14.3 Å². The molecule has 0 unspecified atom stereocenters. The number of hydrogen-bond donors (Lipinski definition) is 0. The van der Waals surface area contributed by atoms with Gasteiger partial charge in [0.25, 0.3) is 10.0 Å². The summed E-state index contributed by atoms with van der Waals surface area (Å²) in [5, 5.41) is 0.152. The molecule has 1 aliphatic rings. The number of piperidine rings is 1. The van der Waals surface area contributed by atoms with Gasteiger partial charge in [-0.1, -0.05) is 6.07 Å². The second-order valence-corrected chi connectivity index (χ2v) is 7.03. The van der Waals surface area contributed by atoms with E-state index in [9.17, 15) is 8.42 Å². The number of nitrogens with zero attached hydrogens (tertiary/aromatic N) is 3. The van der Waals surface area contributed by atoms with Crippen LogP contribution < -0.4 is 0 Å². The largest absolute Gasteiger partial charge is 0.449 e. The van der Waals surface area contributed by atoms with Gasteiger partial charge in [0.05, 0.1) is 6.20 Å².